The van der Waals surface area contributed by atoms with Gasteiger partial charge in [0.25, 0.3) is 0 Å². The van der Waals surface area contributed by atoms with Gasteiger partial charge in [0.15, 0.2) is 0 Å². The maximum absolute atomic E-state index is 11.8. The molecule has 3 nitrogen and oxygen atoms in total. The van der Waals surface area contributed by atoms with Gasteiger partial charge in [-0.05, 0) is 29.5 Å². The smallest absolute Gasteiger partial charge is 0.222 e. The minimum Gasteiger partial charge on any atom is -0.388 e. The second-order valence-electron chi connectivity index (χ2n) is 5.25. The molecule has 0 aliphatic carbocycles. The van der Waals surface area contributed by atoms with Crippen molar-refractivity contribution in [1.82, 2.24) is 4.90 Å². The van der Waals surface area contributed by atoms with Crippen LogP contribution < -0.4 is 0 Å². The van der Waals surface area contributed by atoms with Gasteiger partial charge < -0.3 is 10.0 Å². The topological polar surface area (TPSA) is 40.5 Å². The first-order valence-corrected chi connectivity index (χ1v) is 7.23. The fourth-order valence-electron chi connectivity index (χ4n) is 2.66. The molecule has 1 aliphatic rings. The number of benzene rings is 1. The number of fused-ring (bicyclic) bond motifs is 1. The SMILES string of the molecule is CCCC(O)c1ccc2c(c1)CN(C(=O)CC)CC2. The van der Waals surface area contributed by atoms with Gasteiger partial charge in [-0.15, -0.1) is 0 Å². The van der Waals surface area contributed by atoms with E-state index in [0.29, 0.717) is 13.0 Å². The summed E-state index contributed by atoms with van der Waals surface area (Å²) in [5.41, 5.74) is 3.49. The Kier molecular flexibility index (Phi) is 4.59. The Morgan fingerprint density at radius 1 is 1.37 bits per heavy atom. The molecule has 1 aromatic rings. The van der Waals surface area contributed by atoms with Crippen LogP contribution in [-0.2, 0) is 17.8 Å². The van der Waals surface area contributed by atoms with Crippen LogP contribution in [0.25, 0.3) is 0 Å². The Labute approximate surface area is 115 Å². The van der Waals surface area contributed by atoms with Crippen LogP contribution in [0.15, 0.2) is 18.2 Å². The highest BCUT2D eigenvalue weighted by Crippen LogP contribution is 2.25. The highest BCUT2D eigenvalue weighted by atomic mass is 16.3. The number of carbonyl (C=O) groups excluding carboxylic acids is 1. The van der Waals surface area contributed by atoms with E-state index >= 15 is 0 Å². The van der Waals surface area contributed by atoms with Gasteiger partial charge in [-0.2, -0.15) is 0 Å². The maximum Gasteiger partial charge on any atom is 0.222 e. The van der Waals surface area contributed by atoms with Crippen molar-refractivity contribution in [1.29, 1.82) is 0 Å². The molecule has 1 amide bonds. The summed E-state index contributed by atoms with van der Waals surface area (Å²) in [6, 6.07) is 6.21. The minimum absolute atomic E-state index is 0.213. The van der Waals surface area contributed by atoms with Crippen LogP contribution in [0.5, 0.6) is 0 Å². The highest BCUT2D eigenvalue weighted by molar-refractivity contribution is 5.76. The van der Waals surface area contributed by atoms with E-state index in [0.717, 1.165) is 31.4 Å². The first-order valence-electron chi connectivity index (χ1n) is 7.23. The van der Waals surface area contributed by atoms with Crippen molar-refractivity contribution < 1.29 is 9.90 Å². The molecule has 0 saturated carbocycles. The second-order valence-corrected chi connectivity index (χ2v) is 5.25. The minimum atomic E-state index is -0.382. The zero-order valence-electron chi connectivity index (χ0n) is 11.9. The molecule has 1 heterocycles. The summed E-state index contributed by atoms with van der Waals surface area (Å²) >= 11 is 0. The quantitative estimate of drug-likeness (QED) is 0.905. The molecule has 0 bridgehead atoms. The highest BCUT2D eigenvalue weighted by Gasteiger charge is 2.20. The zero-order valence-corrected chi connectivity index (χ0v) is 11.9. The lowest BCUT2D eigenvalue weighted by Gasteiger charge is -2.29. The number of carbonyl (C=O) groups is 1. The third-order valence-electron chi connectivity index (χ3n) is 3.84. The fourth-order valence-corrected chi connectivity index (χ4v) is 2.66. The first kappa shape index (κ1) is 14.1. The molecular formula is C16H23NO2. The van der Waals surface area contributed by atoms with Gasteiger partial charge in [-0.1, -0.05) is 38.5 Å². The van der Waals surface area contributed by atoms with Gasteiger partial charge in [-0.3, -0.25) is 4.79 Å². The largest absolute Gasteiger partial charge is 0.388 e. The molecule has 1 unspecified atom stereocenters. The van der Waals surface area contributed by atoms with E-state index in [1.54, 1.807) is 0 Å². The lowest BCUT2D eigenvalue weighted by atomic mass is 9.94. The lowest BCUT2D eigenvalue weighted by molar-refractivity contribution is -0.131. The average Bonchev–Trinajstić information content (AvgIpc) is 2.45. The molecule has 1 aliphatic heterocycles. The number of aliphatic hydroxyl groups is 1. The summed E-state index contributed by atoms with van der Waals surface area (Å²) in [4.78, 5) is 13.7. The molecule has 0 saturated heterocycles. The molecule has 0 fully saturated rings. The van der Waals surface area contributed by atoms with Crippen molar-refractivity contribution in [2.24, 2.45) is 0 Å². The fraction of sp³-hybridized carbons (Fsp3) is 0.562. The Morgan fingerprint density at radius 3 is 2.84 bits per heavy atom. The molecule has 0 aromatic heterocycles. The molecule has 19 heavy (non-hydrogen) atoms. The molecule has 1 N–H and O–H groups in total. The van der Waals surface area contributed by atoms with Gasteiger partial charge in [-0.25, -0.2) is 0 Å². The van der Waals surface area contributed by atoms with Crippen LogP contribution in [0.4, 0.5) is 0 Å². The van der Waals surface area contributed by atoms with Gasteiger partial charge in [0.05, 0.1) is 6.10 Å². The monoisotopic (exact) mass is 261 g/mol. The standard InChI is InChI=1S/C16H23NO2/c1-3-5-15(18)13-7-6-12-8-9-17(16(19)4-2)11-14(12)10-13/h6-7,10,15,18H,3-5,8-9,11H2,1-2H3. The summed E-state index contributed by atoms with van der Waals surface area (Å²) in [6.45, 7) is 5.48. The van der Waals surface area contributed by atoms with E-state index in [2.05, 4.69) is 19.1 Å². The van der Waals surface area contributed by atoms with Crippen molar-refractivity contribution in [3.63, 3.8) is 0 Å². The number of hydrogen-bond acceptors (Lipinski definition) is 2. The lowest BCUT2D eigenvalue weighted by Crippen LogP contribution is -2.35. The number of aliphatic hydroxyl groups excluding tert-OH is 1. The Balaban J connectivity index is 2.17. The molecule has 3 heteroatoms. The van der Waals surface area contributed by atoms with Crippen molar-refractivity contribution >= 4 is 5.91 Å². The third-order valence-corrected chi connectivity index (χ3v) is 3.84. The summed E-state index contributed by atoms with van der Waals surface area (Å²) in [7, 11) is 0. The molecule has 0 radical (unpaired) electrons. The summed E-state index contributed by atoms with van der Waals surface area (Å²) in [5.74, 6) is 0.213. The van der Waals surface area contributed by atoms with E-state index in [1.165, 1.54) is 11.1 Å². The number of nitrogens with zero attached hydrogens (tertiary/aromatic N) is 1. The first-order chi connectivity index (χ1) is 9.15. The molecule has 2 rings (SSSR count). The van der Waals surface area contributed by atoms with Crippen molar-refractivity contribution in [3.05, 3.63) is 34.9 Å². The number of amides is 1. The number of hydrogen-bond donors (Lipinski definition) is 1. The second kappa shape index (κ2) is 6.20. The Bertz CT molecular complexity index is 456. The van der Waals surface area contributed by atoms with Crippen LogP contribution >= 0.6 is 0 Å². The summed E-state index contributed by atoms with van der Waals surface area (Å²) in [6.07, 6.45) is 2.86. The number of rotatable bonds is 4. The van der Waals surface area contributed by atoms with Gasteiger partial charge in [0.2, 0.25) is 5.91 Å². The summed E-state index contributed by atoms with van der Waals surface area (Å²) < 4.78 is 0. The van der Waals surface area contributed by atoms with E-state index in [4.69, 9.17) is 0 Å². The normalized spacial score (nSPS) is 16.1. The molecule has 0 spiro atoms. The zero-order chi connectivity index (χ0) is 13.8. The summed E-state index contributed by atoms with van der Waals surface area (Å²) in [5, 5.41) is 10.1. The predicted octanol–water partition coefficient (Wildman–Crippen LogP) is 2.81. The molecular weight excluding hydrogens is 238 g/mol. The van der Waals surface area contributed by atoms with Crippen LogP contribution in [0.3, 0.4) is 0 Å². The molecule has 104 valence electrons. The van der Waals surface area contributed by atoms with Crippen molar-refractivity contribution in [2.75, 3.05) is 6.54 Å². The van der Waals surface area contributed by atoms with E-state index in [1.807, 2.05) is 17.9 Å². The van der Waals surface area contributed by atoms with Crippen LogP contribution in [0.1, 0.15) is 55.9 Å². The average molecular weight is 261 g/mol. The van der Waals surface area contributed by atoms with E-state index in [9.17, 15) is 9.90 Å². The van der Waals surface area contributed by atoms with Crippen LogP contribution in [0.2, 0.25) is 0 Å². The van der Waals surface area contributed by atoms with Gasteiger partial charge in [0.1, 0.15) is 0 Å². The van der Waals surface area contributed by atoms with E-state index < -0.39 is 0 Å². The Morgan fingerprint density at radius 2 is 2.16 bits per heavy atom. The van der Waals surface area contributed by atoms with Crippen LogP contribution in [-0.4, -0.2) is 22.5 Å². The van der Waals surface area contributed by atoms with Gasteiger partial charge >= 0.3 is 0 Å². The van der Waals surface area contributed by atoms with Crippen molar-refractivity contribution in [2.45, 2.75) is 52.2 Å². The maximum atomic E-state index is 11.8. The molecule has 1 aromatic carbocycles. The third kappa shape index (κ3) is 3.16. The predicted molar refractivity (Wildman–Crippen MR) is 75.7 cm³/mol. The molecule has 1 atom stereocenters. The van der Waals surface area contributed by atoms with E-state index in [-0.39, 0.29) is 12.0 Å². The van der Waals surface area contributed by atoms with Gasteiger partial charge in [0, 0.05) is 19.5 Å². The Hall–Kier alpha value is -1.35. The van der Waals surface area contributed by atoms with Crippen LogP contribution in [0, 0.1) is 0 Å². The van der Waals surface area contributed by atoms with Crippen molar-refractivity contribution in [3.8, 4) is 0 Å².